The molecule has 90 valence electrons. The van der Waals surface area contributed by atoms with E-state index in [4.69, 9.17) is 14.6 Å². The SMILES string of the molecule is OCC1O[C@H](OCCS)C(O)C(O)C1O. The molecule has 15 heavy (non-hydrogen) atoms. The second-order valence-corrected chi connectivity index (χ2v) is 3.74. The number of aliphatic hydroxyl groups is 4. The van der Waals surface area contributed by atoms with Gasteiger partial charge in [0.1, 0.15) is 24.4 Å². The monoisotopic (exact) mass is 240 g/mol. The molecule has 0 aromatic rings. The molecule has 0 radical (unpaired) electrons. The maximum Gasteiger partial charge on any atom is 0.186 e. The summed E-state index contributed by atoms with van der Waals surface area (Å²) in [7, 11) is 0. The number of aliphatic hydroxyl groups excluding tert-OH is 4. The number of rotatable bonds is 4. The molecule has 1 aliphatic heterocycles. The molecule has 0 amide bonds. The van der Waals surface area contributed by atoms with Crippen molar-refractivity contribution >= 4 is 12.6 Å². The Hall–Kier alpha value is 0.110. The van der Waals surface area contributed by atoms with Crippen molar-refractivity contribution in [2.24, 2.45) is 0 Å². The van der Waals surface area contributed by atoms with Crippen LogP contribution >= 0.6 is 12.6 Å². The van der Waals surface area contributed by atoms with Crippen LogP contribution in [0.1, 0.15) is 0 Å². The van der Waals surface area contributed by atoms with Gasteiger partial charge >= 0.3 is 0 Å². The molecule has 1 aliphatic rings. The number of hydrogen-bond acceptors (Lipinski definition) is 7. The van der Waals surface area contributed by atoms with Gasteiger partial charge < -0.3 is 29.9 Å². The Balaban J connectivity index is 2.57. The third kappa shape index (κ3) is 3.04. The van der Waals surface area contributed by atoms with Crippen LogP contribution in [0.3, 0.4) is 0 Å². The third-order valence-corrected chi connectivity index (χ3v) is 2.40. The fraction of sp³-hybridized carbons (Fsp3) is 1.00. The summed E-state index contributed by atoms with van der Waals surface area (Å²) in [5.41, 5.74) is 0. The molecule has 1 rings (SSSR count). The van der Waals surface area contributed by atoms with Crippen molar-refractivity contribution in [2.45, 2.75) is 30.7 Å². The van der Waals surface area contributed by atoms with E-state index in [1.807, 2.05) is 0 Å². The zero-order valence-corrected chi connectivity index (χ0v) is 8.96. The molecule has 4 N–H and O–H groups in total. The van der Waals surface area contributed by atoms with Crippen LogP contribution in [-0.2, 0) is 9.47 Å². The van der Waals surface area contributed by atoms with Crippen molar-refractivity contribution in [1.29, 1.82) is 0 Å². The lowest BCUT2D eigenvalue weighted by Gasteiger charge is -2.39. The Morgan fingerprint density at radius 2 is 1.80 bits per heavy atom. The van der Waals surface area contributed by atoms with E-state index in [1.54, 1.807) is 0 Å². The van der Waals surface area contributed by atoms with Gasteiger partial charge in [-0.25, -0.2) is 0 Å². The fourth-order valence-corrected chi connectivity index (χ4v) is 1.48. The molecule has 7 heteroatoms. The minimum atomic E-state index is -1.39. The first kappa shape index (κ1) is 13.2. The topological polar surface area (TPSA) is 99.4 Å². The maximum absolute atomic E-state index is 9.48. The van der Waals surface area contributed by atoms with Crippen LogP contribution in [-0.4, -0.2) is 70.1 Å². The summed E-state index contributed by atoms with van der Waals surface area (Å²) in [4.78, 5) is 0. The smallest absolute Gasteiger partial charge is 0.186 e. The van der Waals surface area contributed by atoms with Crippen molar-refractivity contribution < 1.29 is 29.9 Å². The standard InChI is InChI=1S/C8H16O6S/c9-3-4-5(10)6(11)7(12)8(14-4)13-1-2-15/h4-12,15H,1-3H2/t4?,5?,6?,7?,8-/m0/s1. The first-order valence-electron chi connectivity index (χ1n) is 4.64. The first-order chi connectivity index (χ1) is 7.11. The lowest BCUT2D eigenvalue weighted by atomic mass is 9.99. The van der Waals surface area contributed by atoms with Crippen LogP contribution in [0.25, 0.3) is 0 Å². The van der Waals surface area contributed by atoms with Gasteiger partial charge in [-0.3, -0.25) is 0 Å². The summed E-state index contributed by atoms with van der Waals surface area (Å²) in [5, 5.41) is 37.2. The van der Waals surface area contributed by atoms with Gasteiger partial charge in [0.25, 0.3) is 0 Å². The molecule has 4 unspecified atom stereocenters. The Kier molecular flexibility index (Phi) is 5.27. The highest BCUT2D eigenvalue weighted by Gasteiger charge is 2.43. The Labute approximate surface area is 92.8 Å². The first-order valence-corrected chi connectivity index (χ1v) is 5.28. The van der Waals surface area contributed by atoms with Gasteiger partial charge in [0.2, 0.25) is 0 Å². The summed E-state index contributed by atoms with van der Waals surface area (Å²) in [6, 6.07) is 0. The highest BCUT2D eigenvalue weighted by atomic mass is 32.1. The van der Waals surface area contributed by atoms with Gasteiger partial charge in [-0.05, 0) is 0 Å². The van der Waals surface area contributed by atoms with E-state index in [2.05, 4.69) is 12.6 Å². The lowest BCUT2D eigenvalue weighted by Crippen LogP contribution is -2.59. The van der Waals surface area contributed by atoms with Gasteiger partial charge in [-0.1, -0.05) is 0 Å². The molecule has 5 atom stereocenters. The predicted molar refractivity (Wildman–Crippen MR) is 53.6 cm³/mol. The van der Waals surface area contributed by atoms with Gasteiger partial charge in [0.05, 0.1) is 13.2 Å². The van der Waals surface area contributed by atoms with Gasteiger partial charge in [0, 0.05) is 5.75 Å². The lowest BCUT2D eigenvalue weighted by molar-refractivity contribution is -0.299. The van der Waals surface area contributed by atoms with Gasteiger partial charge in [-0.2, -0.15) is 12.6 Å². The molecular weight excluding hydrogens is 224 g/mol. The van der Waals surface area contributed by atoms with E-state index in [0.29, 0.717) is 5.75 Å². The van der Waals surface area contributed by atoms with E-state index in [9.17, 15) is 15.3 Å². The van der Waals surface area contributed by atoms with Gasteiger partial charge in [-0.15, -0.1) is 0 Å². The quantitative estimate of drug-likeness (QED) is 0.355. The van der Waals surface area contributed by atoms with Crippen molar-refractivity contribution in [1.82, 2.24) is 0 Å². The van der Waals surface area contributed by atoms with E-state index in [0.717, 1.165) is 0 Å². The molecule has 1 heterocycles. The maximum atomic E-state index is 9.48. The van der Waals surface area contributed by atoms with Crippen LogP contribution < -0.4 is 0 Å². The molecule has 0 aliphatic carbocycles. The van der Waals surface area contributed by atoms with Crippen molar-refractivity contribution in [3.05, 3.63) is 0 Å². The second-order valence-electron chi connectivity index (χ2n) is 3.29. The molecule has 0 spiro atoms. The van der Waals surface area contributed by atoms with E-state index in [1.165, 1.54) is 0 Å². The Morgan fingerprint density at radius 1 is 1.13 bits per heavy atom. The highest BCUT2D eigenvalue weighted by molar-refractivity contribution is 7.80. The minimum Gasteiger partial charge on any atom is -0.394 e. The Bertz CT molecular complexity index is 190. The summed E-state index contributed by atoms with van der Waals surface area (Å²) in [6.07, 6.45) is -6.04. The largest absolute Gasteiger partial charge is 0.394 e. The zero-order valence-electron chi connectivity index (χ0n) is 8.06. The molecule has 1 fully saturated rings. The molecule has 0 aromatic heterocycles. The third-order valence-electron chi connectivity index (χ3n) is 2.22. The average Bonchev–Trinajstić information content (AvgIpc) is 2.25. The number of thiol groups is 1. The van der Waals surface area contributed by atoms with E-state index in [-0.39, 0.29) is 6.61 Å². The molecule has 0 saturated carbocycles. The minimum absolute atomic E-state index is 0.242. The molecular formula is C8H16O6S. The molecule has 0 aromatic carbocycles. The zero-order chi connectivity index (χ0) is 11.4. The average molecular weight is 240 g/mol. The van der Waals surface area contributed by atoms with Crippen LogP contribution in [0, 0.1) is 0 Å². The van der Waals surface area contributed by atoms with Crippen LogP contribution in [0.15, 0.2) is 0 Å². The molecule has 1 saturated heterocycles. The van der Waals surface area contributed by atoms with Crippen LogP contribution in [0.2, 0.25) is 0 Å². The number of hydrogen-bond donors (Lipinski definition) is 5. The van der Waals surface area contributed by atoms with Crippen molar-refractivity contribution in [3.63, 3.8) is 0 Å². The summed E-state index contributed by atoms with van der Waals surface area (Å²) in [6.45, 7) is -0.211. The van der Waals surface area contributed by atoms with Crippen molar-refractivity contribution in [2.75, 3.05) is 19.0 Å². The highest BCUT2D eigenvalue weighted by Crippen LogP contribution is 2.21. The fourth-order valence-electron chi connectivity index (χ4n) is 1.37. The van der Waals surface area contributed by atoms with E-state index < -0.39 is 37.3 Å². The van der Waals surface area contributed by atoms with Gasteiger partial charge in [0.15, 0.2) is 6.29 Å². The summed E-state index contributed by atoms with van der Waals surface area (Å²) < 4.78 is 10.1. The molecule has 6 nitrogen and oxygen atoms in total. The van der Waals surface area contributed by atoms with E-state index >= 15 is 0 Å². The normalized spacial score (nSPS) is 41.8. The predicted octanol–water partition coefficient (Wildman–Crippen LogP) is -2.27. The second kappa shape index (κ2) is 6.00. The van der Waals surface area contributed by atoms with Crippen molar-refractivity contribution in [3.8, 4) is 0 Å². The number of ether oxygens (including phenoxy) is 2. The summed E-state index contributed by atoms with van der Waals surface area (Å²) in [5.74, 6) is 0.440. The van der Waals surface area contributed by atoms with Crippen LogP contribution in [0.5, 0.6) is 0 Å². The summed E-state index contributed by atoms with van der Waals surface area (Å²) >= 11 is 3.91. The van der Waals surface area contributed by atoms with Crippen LogP contribution in [0.4, 0.5) is 0 Å². The molecule has 0 bridgehead atoms. The Morgan fingerprint density at radius 3 is 2.33 bits per heavy atom.